The molecule has 2 aliphatic rings. The maximum Gasteiger partial charge on any atom is 0.150 e. The van der Waals surface area contributed by atoms with Crippen molar-refractivity contribution in [2.45, 2.75) is 10.8 Å². The van der Waals surface area contributed by atoms with Gasteiger partial charge in [-0.25, -0.2) is 0 Å². The molecule has 120 valence electrons. The van der Waals surface area contributed by atoms with Gasteiger partial charge in [0.2, 0.25) is 0 Å². The molecule has 2 aromatic rings. The smallest absolute Gasteiger partial charge is 0.150 e. The molecule has 1 nitrogen and oxygen atoms in total. The zero-order chi connectivity index (χ0) is 17.2. The Bertz CT molecular complexity index is 950. The first kappa shape index (κ1) is 15.8. The van der Waals surface area contributed by atoms with Gasteiger partial charge in [0.25, 0.3) is 0 Å². The maximum atomic E-state index is 3.49. The summed E-state index contributed by atoms with van der Waals surface area (Å²) in [5, 5.41) is 0. The fraction of sp³-hybridized carbons (Fsp3) is 0.130. The molecule has 1 aliphatic carbocycles. The van der Waals surface area contributed by atoms with Gasteiger partial charge in [-0.3, -0.25) is 0 Å². The molecule has 0 N–H and O–H groups in total. The Morgan fingerprint density at radius 1 is 1.04 bits per heavy atom. The SMILES string of the molecule is CN(C)c1ccc(C#CC2C3=[C+]C=CC=C3Sc3ccccc32)cc1. The summed E-state index contributed by atoms with van der Waals surface area (Å²) in [5.41, 5.74) is 4.69. The van der Waals surface area contributed by atoms with E-state index in [1.165, 1.54) is 26.6 Å². The summed E-state index contributed by atoms with van der Waals surface area (Å²) in [6.45, 7) is 0. The molecule has 0 fully saturated rings. The van der Waals surface area contributed by atoms with Crippen molar-refractivity contribution < 1.29 is 0 Å². The highest BCUT2D eigenvalue weighted by Crippen LogP contribution is 2.48. The van der Waals surface area contributed by atoms with Gasteiger partial charge in [0.15, 0.2) is 0 Å². The van der Waals surface area contributed by atoms with Crippen LogP contribution in [0.5, 0.6) is 0 Å². The molecule has 0 bridgehead atoms. The first-order valence-electron chi connectivity index (χ1n) is 8.29. The second kappa shape index (κ2) is 6.65. The van der Waals surface area contributed by atoms with Crippen LogP contribution in [-0.2, 0) is 0 Å². The largest absolute Gasteiger partial charge is 0.378 e. The summed E-state index contributed by atoms with van der Waals surface area (Å²) in [7, 11) is 4.09. The highest BCUT2D eigenvalue weighted by Gasteiger charge is 2.34. The topological polar surface area (TPSA) is 3.24 Å². The minimum Gasteiger partial charge on any atom is -0.378 e. The molecule has 0 saturated carbocycles. The fourth-order valence-corrected chi connectivity index (χ4v) is 4.10. The number of benzene rings is 2. The van der Waals surface area contributed by atoms with Crippen LogP contribution in [0.25, 0.3) is 0 Å². The molecule has 0 radical (unpaired) electrons. The molecular weight excluding hydrogens is 322 g/mol. The minimum atomic E-state index is 0.0715. The average molecular weight is 340 g/mol. The summed E-state index contributed by atoms with van der Waals surface area (Å²) in [5.74, 6) is 6.93. The maximum absolute atomic E-state index is 3.49. The summed E-state index contributed by atoms with van der Waals surface area (Å²) in [6.07, 6.45) is 9.60. The van der Waals surface area contributed by atoms with Gasteiger partial charge in [-0.2, -0.15) is 0 Å². The van der Waals surface area contributed by atoms with Crippen molar-refractivity contribution in [2.24, 2.45) is 0 Å². The Morgan fingerprint density at radius 2 is 1.84 bits per heavy atom. The number of allylic oxidation sites excluding steroid dienone is 5. The van der Waals surface area contributed by atoms with E-state index in [-0.39, 0.29) is 5.92 Å². The molecule has 1 heterocycles. The lowest BCUT2D eigenvalue weighted by molar-refractivity contribution is 0.992. The van der Waals surface area contributed by atoms with E-state index in [0.717, 1.165) is 5.56 Å². The van der Waals surface area contributed by atoms with Crippen LogP contribution >= 0.6 is 11.8 Å². The molecule has 1 aliphatic heterocycles. The van der Waals surface area contributed by atoms with E-state index in [4.69, 9.17) is 0 Å². The van der Waals surface area contributed by atoms with E-state index >= 15 is 0 Å². The molecule has 2 aromatic carbocycles. The Morgan fingerprint density at radius 3 is 2.64 bits per heavy atom. The predicted molar refractivity (Wildman–Crippen MR) is 107 cm³/mol. The Balaban J connectivity index is 1.72. The van der Waals surface area contributed by atoms with E-state index in [2.05, 4.69) is 77.4 Å². The molecule has 1 atom stereocenters. The van der Waals surface area contributed by atoms with Crippen molar-refractivity contribution in [3.63, 3.8) is 0 Å². The zero-order valence-electron chi connectivity index (χ0n) is 14.3. The number of anilines is 1. The molecule has 2 heteroatoms. The Hall–Kier alpha value is -2.72. The van der Waals surface area contributed by atoms with Gasteiger partial charge in [-0.15, -0.1) is 0 Å². The van der Waals surface area contributed by atoms with Gasteiger partial charge >= 0.3 is 0 Å². The number of fused-ring (bicyclic) bond motifs is 2. The van der Waals surface area contributed by atoms with Crippen LogP contribution < -0.4 is 4.90 Å². The lowest BCUT2D eigenvalue weighted by Gasteiger charge is -2.21. The normalized spacial score (nSPS) is 17.1. The monoisotopic (exact) mass is 340 g/mol. The van der Waals surface area contributed by atoms with Gasteiger partial charge in [-0.1, -0.05) is 30.0 Å². The van der Waals surface area contributed by atoms with Crippen molar-refractivity contribution >= 4 is 17.4 Å². The molecule has 4 rings (SSSR count). The number of rotatable bonds is 1. The van der Waals surface area contributed by atoms with Crippen LogP contribution in [-0.4, -0.2) is 14.1 Å². The highest BCUT2D eigenvalue weighted by atomic mass is 32.2. The lowest BCUT2D eigenvalue weighted by Crippen LogP contribution is -2.09. The van der Waals surface area contributed by atoms with Crippen LogP contribution in [0, 0.1) is 17.9 Å². The summed E-state index contributed by atoms with van der Waals surface area (Å²) >= 11 is 1.81. The first-order valence-corrected chi connectivity index (χ1v) is 9.10. The predicted octanol–water partition coefficient (Wildman–Crippen LogP) is 5.18. The Kier molecular flexibility index (Phi) is 4.20. The van der Waals surface area contributed by atoms with E-state index in [9.17, 15) is 0 Å². The molecule has 0 aromatic heterocycles. The van der Waals surface area contributed by atoms with E-state index in [1.54, 1.807) is 0 Å². The second-order valence-electron chi connectivity index (χ2n) is 6.23. The van der Waals surface area contributed by atoms with Crippen molar-refractivity contribution in [2.75, 3.05) is 19.0 Å². The van der Waals surface area contributed by atoms with Crippen LogP contribution in [0.3, 0.4) is 0 Å². The first-order chi connectivity index (χ1) is 12.2. The van der Waals surface area contributed by atoms with Gasteiger partial charge in [-0.05, 0) is 47.7 Å². The van der Waals surface area contributed by atoms with Gasteiger partial charge in [0.1, 0.15) is 22.5 Å². The second-order valence-corrected chi connectivity index (χ2v) is 7.32. The van der Waals surface area contributed by atoms with Crippen LogP contribution in [0.1, 0.15) is 17.0 Å². The highest BCUT2D eigenvalue weighted by molar-refractivity contribution is 8.03. The van der Waals surface area contributed by atoms with E-state index in [0.29, 0.717) is 0 Å². The van der Waals surface area contributed by atoms with Crippen LogP contribution in [0.15, 0.2) is 82.1 Å². The number of thioether (sulfide) groups is 1. The fourth-order valence-electron chi connectivity index (χ4n) is 2.98. The van der Waals surface area contributed by atoms with Crippen LogP contribution in [0.2, 0.25) is 0 Å². The van der Waals surface area contributed by atoms with Crippen molar-refractivity contribution in [3.05, 3.63) is 94.4 Å². The molecule has 0 saturated heterocycles. The molecular formula is C23H18NS+. The van der Waals surface area contributed by atoms with Gasteiger partial charge in [0, 0.05) is 42.4 Å². The number of nitrogens with zero attached hydrogens (tertiary/aromatic N) is 1. The standard InChI is InChI=1S/C23H18NS/c1-24(2)18-14-11-17(12-15-18)13-16-19-20-7-3-5-9-22(20)25-23-10-6-4-8-21(19)23/h3-7,9-12,14-15,19H,1-2H3/q+1. The van der Waals surface area contributed by atoms with Crippen molar-refractivity contribution in [1.29, 1.82) is 0 Å². The molecule has 0 amide bonds. The minimum absolute atomic E-state index is 0.0715. The van der Waals surface area contributed by atoms with Crippen molar-refractivity contribution in [3.8, 4) is 11.8 Å². The van der Waals surface area contributed by atoms with Crippen molar-refractivity contribution in [1.82, 2.24) is 0 Å². The molecule has 1 unspecified atom stereocenters. The van der Waals surface area contributed by atoms with Crippen LogP contribution in [0.4, 0.5) is 5.69 Å². The molecule has 25 heavy (non-hydrogen) atoms. The van der Waals surface area contributed by atoms with E-state index < -0.39 is 0 Å². The van der Waals surface area contributed by atoms with E-state index in [1.807, 2.05) is 38.0 Å². The zero-order valence-corrected chi connectivity index (χ0v) is 15.1. The lowest BCUT2D eigenvalue weighted by atomic mass is 9.88. The summed E-state index contributed by atoms with van der Waals surface area (Å²) in [6, 6.07) is 16.9. The average Bonchev–Trinajstić information content (AvgIpc) is 2.65. The summed E-state index contributed by atoms with van der Waals surface area (Å²) < 4.78 is 0. The third kappa shape index (κ3) is 3.13. The molecule has 0 spiro atoms. The number of hydrogen-bond donors (Lipinski definition) is 0. The van der Waals surface area contributed by atoms with Gasteiger partial charge in [0.05, 0.1) is 6.08 Å². The third-order valence-corrected chi connectivity index (χ3v) is 5.50. The summed E-state index contributed by atoms with van der Waals surface area (Å²) in [4.78, 5) is 4.64. The Labute approximate surface area is 153 Å². The number of hydrogen-bond acceptors (Lipinski definition) is 2. The third-order valence-electron chi connectivity index (χ3n) is 4.33. The van der Waals surface area contributed by atoms with Gasteiger partial charge < -0.3 is 4.90 Å². The quantitative estimate of drug-likeness (QED) is 0.520.